The van der Waals surface area contributed by atoms with Gasteiger partial charge in [0, 0.05) is 12.5 Å². The molecule has 0 heterocycles. The number of halogens is 1. The summed E-state index contributed by atoms with van der Waals surface area (Å²) in [5.74, 6) is -0.371. The Morgan fingerprint density at radius 2 is 2.36 bits per heavy atom. The summed E-state index contributed by atoms with van der Waals surface area (Å²) in [5.41, 5.74) is 0. The Morgan fingerprint density at radius 1 is 1.73 bits per heavy atom. The Labute approximate surface area is 67.6 Å². The number of allylic oxidation sites excluding steroid dienone is 2. The van der Waals surface area contributed by atoms with Crippen LogP contribution in [0.2, 0.25) is 0 Å². The predicted molar refractivity (Wildman–Crippen MR) is 45.0 cm³/mol. The second-order valence-electron chi connectivity index (χ2n) is 2.27. The summed E-state index contributed by atoms with van der Waals surface area (Å²) >= 11 is 0. The SMILES string of the molecule is C=CC(C)/C(F)=C/COCC. The molecule has 0 aliphatic carbocycles. The predicted octanol–water partition coefficient (Wildman–Crippen LogP) is 2.70. The zero-order valence-corrected chi connectivity index (χ0v) is 7.14. The monoisotopic (exact) mass is 158 g/mol. The molecular weight excluding hydrogens is 143 g/mol. The van der Waals surface area contributed by atoms with E-state index < -0.39 is 0 Å². The van der Waals surface area contributed by atoms with Gasteiger partial charge in [0.25, 0.3) is 0 Å². The summed E-state index contributed by atoms with van der Waals surface area (Å²) in [6, 6.07) is 0. The van der Waals surface area contributed by atoms with E-state index in [0.717, 1.165) is 0 Å². The molecular formula is C9H15FO. The molecule has 0 aromatic rings. The fraction of sp³-hybridized carbons (Fsp3) is 0.556. The topological polar surface area (TPSA) is 9.23 Å². The van der Waals surface area contributed by atoms with Crippen molar-refractivity contribution >= 4 is 0 Å². The van der Waals surface area contributed by atoms with Gasteiger partial charge in [0.05, 0.1) is 6.61 Å². The summed E-state index contributed by atoms with van der Waals surface area (Å²) in [6.07, 6.45) is 3.01. The van der Waals surface area contributed by atoms with Crippen molar-refractivity contribution in [1.29, 1.82) is 0 Å². The minimum absolute atomic E-state index is 0.173. The molecule has 1 atom stereocenters. The lowest BCUT2D eigenvalue weighted by atomic mass is 10.1. The van der Waals surface area contributed by atoms with Crippen LogP contribution in [0.15, 0.2) is 24.6 Å². The molecule has 11 heavy (non-hydrogen) atoms. The van der Waals surface area contributed by atoms with Gasteiger partial charge in [-0.15, -0.1) is 6.58 Å². The lowest BCUT2D eigenvalue weighted by molar-refractivity contribution is 0.175. The molecule has 0 amide bonds. The van der Waals surface area contributed by atoms with E-state index in [1.807, 2.05) is 6.92 Å². The van der Waals surface area contributed by atoms with E-state index in [1.165, 1.54) is 6.08 Å². The maximum Gasteiger partial charge on any atom is 0.105 e. The second-order valence-corrected chi connectivity index (χ2v) is 2.27. The third-order valence-electron chi connectivity index (χ3n) is 1.39. The fourth-order valence-corrected chi connectivity index (χ4v) is 0.555. The van der Waals surface area contributed by atoms with E-state index in [1.54, 1.807) is 13.0 Å². The van der Waals surface area contributed by atoms with Gasteiger partial charge in [0.1, 0.15) is 5.83 Å². The molecule has 0 spiro atoms. The zero-order chi connectivity index (χ0) is 8.69. The van der Waals surface area contributed by atoms with Crippen molar-refractivity contribution in [2.45, 2.75) is 13.8 Å². The highest BCUT2D eigenvalue weighted by atomic mass is 19.1. The Balaban J connectivity index is 3.70. The third kappa shape index (κ3) is 4.73. The van der Waals surface area contributed by atoms with Gasteiger partial charge < -0.3 is 4.74 Å². The Bertz CT molecular complexity index is 140. The van der Waals surface area contributed by atoms with E-state index in [9.17, 15) is 4.39 Å². The lowest BCUT2D eigenvalue weighted by Gasteiger charge is -2.01. The van der Waals surface area contributed by atoms with Crippen molar-refractivity contribution in [2.75, 3.05) is 13.2 Å². The fourth-order valence-electron chi connectivity index (χ4n) is 0.555. The Kier molecular flexibility index (Phi) is 5.75. The summed E-state index contributed by atoms with van der Waals surface area (Å²) in [5, 5.41) is 0. The zero-order valence-electron chi connectivity index (χ0n) is 7.14. The number of hydrogen-bond acceptors (Lipinski definition) is 1. The maximum atomic E-state index is 12.8. The largest absolute Gasteiger partial charge is 0.378 e. The molecule has 0 aliphatic heterocycles. The van der Waals surface area contributed by atoms with Crippen molar-refractivity contribution in [3.63, 3.8) is 0 Å². The van der Waals surface area contributed by atoms with Gasteiger partial charge >= 0.3 is 0 Å². The molecule has 0 aliphatic rings. The van der Waals surface area contributed by atoms with Crippen LogP contribution < -0.4 is 0 Å². The standard InChI is InChI=1S/C9H15FO/c1-4-8(3)9(10)6-7-11-5-2/h4,6,8H,1,5,7H2,2-3H3/b9-6-. The van der Waals surface area contributed by atoms with Crippen LogP contribution in [0, 0.1) is 5.92 Å². The highest BCUT2D eigenvalue weighted by Crippen LogP contribution is 2.11. The lowest BCUT2D eigenvalue weighted by Crippen LogP contribution is -1.94. The molecule has 1 nitrogen and oxygen atoms in total. The van der Waals surface area contributed by atoms with Crippen molar-refractivity contribution in [3.05, 3.63) is 24.6 Å². The highest BCUT2D eigenvalue weighted by Gasteiger charge is 2.01. The van der Waals surface area contributed by atoms with Crippen LogP contribution in [0.5, 0.6) is 0 Å². The molecule has 1 unspecified atom stereocenters. The van der Waals surface area contributed by atoms with E-state index in [0.29, 0.717) is 13.2 Å². The molecule has 0 saturated carbocycles. The number of hydrogen-bond donors (Lipinski definition) is 0. The van der Waals surface area contributed by atoms with Gasteiger partial charge in [-0.05, 0) is 13.0 Å². The molecule has 0 bridgehead atoms. The quantitative estimate of drug-likeness (QED) is 0.441. The van der Waals surface area contributed by atoms with Crippen LogP contribution in [0.4, 0.5) is 4.39 Å². The van der Waals surface area contributed by atoms with Crippen molar-refractivity contribution < 1.29 is 9.13 Å². The first-order valence-corrected chi connectivity index (χ1v) is 3.78. The van der Waals surface area contributed by atoms with Crippen LogP contribution in [-0.4, -0.2) is 13.2 Å². The molecule has 2 heteroatoms. The average Bonchev–Trinajstić information content (AvgIpc) is 2.03. The first-order chi connectivity index (χ1) is 5.22. The molecule has 0 rings (SSSR count). The van der Waals surface area contributed by atoms with E-state index in [-0.39, 0.29) is 11.7 Å². The molecule has 64 valence electrons. The first-order valence-electron chi connectivity index (χ1n) is 3.78. The van der Waals surface area contributed by atoms with Crippen LogP contribution in [0.3, 0.4) is 0 Å². The van der Waals surface area contributed by atoms with E-state index in [4.69, 9.17) is 4.74 Å². The van der Waals surface area contributed by atoms with E-state index >= 15 is 0 Å². The third-order valence-corrected chi connectivity index (χ3v) is 1.39. The van der Waals surface area contributed by atoms with Crippen LogP contribution in [0.1, 0.15) is 13.8 Å². The molecule has 0 radical (unpaired) electrons. The Morgan fingerprint density at radius 3 is 2.82 bits per heavy atom. The van der Waals surface area contributed by atoms with Gasteiger partial charge in [-0.2, -0.15) is 0 Å². The summed E-state index contributed by atoms with van der Waals surface area (Å²) < 4.78 is 17.8. The van der Waals surface area contributed by atoms with Gasteiger partial charge in [-0.25, -0.2) is 4.39 Å². The summed E-state index contributed by atoms with van der Waals surface area (Å²) in [7, 11) is 0. The minimum atomic E-state index is -0.199. The van der Waals surface area contributed by atoms with Crippen molar-refractivity contribution in [3.8, 4) is 0 Å². The molecule has 0 N–H and O–H groups in total. The summed E-state index contributed by atoms with van der Waals surface area (Å²) in [6.45, 7) is 8.09. The molecule has 0 saturated heterocycles. The van der Waals surface area contributed by atoms with Gasteiger partial charge in [-0.1, -0.05) is 13.0 Å². The van der Waals surface area contributed by atoms with Crippen LogP contribution in [0.25, 0.3) is 0 Å². The van der Waals surface area contributed by atoms with Crippen LogP contribution in [-0.2, 0) is 4.74 Å². The van der Waals surface area contributed by atoms with Gasteiger partial charge in [0.15, 0.2) is 0 Å². The average molecular weight is 158 g/mol. The normalized spacial score (nSPS) is 14.6. The van der Waals surface area contributed by atoms with Gasteiger partial charge in [-0.3, -0.25) is 0 Å². The maximum absolute atomic E-state index is 12.8. The summed E-state index contributed by atoms with van der Waals surface area (Å²) in [4.78, 5) is 0. The van der Waals surface area contributed by atoms with Crippen molar-refractivity contribution in [1.82, 2.24) is 0 Å². The minimum Gasteiger partial charge on any atom is -0.378 e. The Hall–Kier alpha value is -0.630. The van der Waals surface area contributed by atoms with E-state index in [2.05, 4.69) is 6.58 Å². The molecule has 0 aromatic carbocycles. The smallest absolute Gasteiger partial charge is 0.105 e. The van der Waals surface area contributed by atoms with Gasteiger partial charge in [0.2, 0.25) is 0 Å². The highest BCUT2D eigenvalue weighted by molar-refractivity contribution is 5.02. The first kappa shape index (κ1) is 10.4. The number of ether oxygens (including phenoxy) is 1. The van der Waals surface area contributed by atoms with Crippen molar-refractivity contribution in [2.24, 2.45) is 5.92 Å². The van der Waals surface area contributed by atoms with Crippen LogP contribution >= 0.6 is 0 Å². The number of rotatable bonds is 5. The second kappa shape index (κ2) is 6.10. The molecule has 0 fully saturated rings. The molecule has 0 aromatic heterocycles.